The SMILES string of the molecule is C=CC(=O)C(C)O[P+](=O)OC(C)C(=O)C=C. The lowest BCUT2D eigenvalue weighted by Gasteiger charge is -2.01. The Labute approximate surface area is 95.1 Å². The number of hydrogen-bond donors (Lipinski definition) is 0. The van der Waals surface area contributed by atoms with Gasteiger partial charge in [-0.25, -0.2) is 0 Å². The van der Waals surface area contributed by atoms with Crippen LogP contribution in [0.5, 0.6) is 0 Å². The fourth-order valence-electron chi connectivity index (χ4n) is 0.719. The Bertz CT molecular complexity index is 293. The maximum Gasteiger partial charge on any atom is 0.698 e. The molecular weight excluding hydrogens is 231 g/mol. The molecule has 0 N–H and O–H groups in total. The number of rotatable bonds is 8. The molecule has 0 radical (unpaired) electrons. The third-order valence-electron chi connectivity index (χ3n) is 1.69. The topological polar surface area (TPSA) is 69.7 Å². The lowest BCUT2D eigenvalue weighted by atomic mass is 10.3. The Kier molecular flexibility index (Phi) is 6.65. The van der Waals surface area contributed by atoms with Gasteiger partial charge in [-0.05, 0) is 26.0 Å². The molecule has 0 saturated heterocycles. The van der Waals surface area contributed by atoms with Gasteiger partial charge in [0.25, 0.3) is 0 Å². The van der Waals surface area contributed by atoms with Gasteiger partial charge >= 0.3 is 8.25 Å². The Balaban J connectivity index is 4.18. The van der Waals surface area contributed by atoms with E-state index in [0.29, 0.717) is 0 Å². The molecule has 0 bridgehead atoms. The summed E-state index contributed by atoms with van der Waals surface area (Å²) in [6.07, 6.45) is 0.303. The first-order valence-electron chi connectivity index (χ1n) is 4.55. The second kappa shape index (κ2) is 7.17. The van der Waals surface area contributed by atoms with E-state index in [1.807, 2.05) is 0 Å². The van der Waals surface area contributed by atoms with Gasteiger partial charge in [0.1, 0.15) is 0 Å². The van der Waals surface area contributed by atoms with Crippen LogP contribution >= 0.6 is 8.25 Å². The van der Waals surface area contributed by atoms with Crippen LogP contribution in [0.3, 0.4) is 0 Å². The highest BCUT2D eigenvalue weighted by molar-refractivity contribution is 7.33. The molecule has 0 aliphatic heterocycles. The van der Waals surface area contributed by atoms with Crippen LogP contribution in [0, 0.1) is 0 Å². The van der Waals surface area contributed by atoms with Gasteiger partial charge < -0.3 is 0 Å². The molecule has 0 amide bonds. The normalized spacial score (nSPS) is 14.8. The Hall–Kier alpha value is -1.16. The van der Waals surface area contributed by atoms with Gasteiger partial charge in [-0.1, -0.05) is 13.2 Å². The molecule has 88 valence electrons. The molecule has 16 heavy (non-hydrogen) atoms. The number of carbonyl (C=O) groups is 2. The second-order valence-corrected chi connectivity index (χ2v) is 3.80. The molecule has 2 unspecified atom stereocenters. The highest BCUT2D eigenvalue weighted by Crippen LogP contribution is 2.28. The van der Waals surface area contributed by atoms with Gasteiger partial charge in [-0.15, -0.1) is 9.05 Å². The molecule has 0 heterocycles. The largest absolute Gasteiger partial charge is 0.698 e. The van der Waals surface area contributed by atoms with E-state index in [9.17, 15) is 14.2 Å². The summed E-state index contributed by atoms with van der Waals surface area (Å²) in [6.45, 7) is 9.35. The second-order valence-electron chi connectivity index (χ2n) is 2.93. The third-order valence-corrected chi connectivity index (χ3v) is 2.67. The van der Waals surface area contributed by atoms with E-state index in [1.54, 1.807) is 0 Å². The number of carbonyl (C=O) groups excluding carboxylic acids is 2. The van der Waals surface area contributed by atoms with Crippen molar-refractivity contribution in [2.24, 2.45) is 0 Å². The Morgan fingerprint density at radius 2 is 1.38 bits per heavy atom. The monoisotopic (exact) mass is 245 g/mol. The first-order chi connectivity index (χ1) is 7.42. The summed E-state index contributed by atoms with van der Waals surface area (Å²) in [7, 11) is -2.52. The van der Waals surface area contributed by atoms with Crippen LogP contribution in [-0.2, 0) is 23.2 Å². The van der Waals surface area contributed by atoms with Gasteiger partial charge in [0.2, 0.25) is 0 Å². The molecule has 5 nitrogen and oxygen atoms in total. The van der Waals surface area contributed by atoms with Gasteiger partial charge in [-0.3, -0.25) is 9.59 Å². The first kappa shape index (κ1) is 14.8. The van der Waals surface area contributed by atoms with Crippen LogP contribution in [0.15, 0.2) is 25.3 Å². The van der Waals surface area contributed by atoms with Gasteiger partial charge in [0.15, 0.2) is 23.8 Å². The smallest absolute Gasteiger partial charge is 0.292 e. The first-order valence-corrected chi connectivity index (χ1v) is 5.65. The summed E-state index contributed by atoms with van der Waals surface area (Å²) in [6, 6.07) is 0. The summed E-state index contributed by atoms with van der Waals surface area (Å²) >= 11 is 0. The maximum atomic E-state index is 11.2. The van der Waals surface area contributed by atoms with Crippen molar-refractivity contribution < 1.29 is 23.2 Å². The van der Waals surface area contributed by atoms with Gasteiger partial charge in [0.05, 0.1) is 0 Å². The summed E-state index contributed by atoms with van der Waals surface area (Å²) < 4.78 is 20.7. The quantitative estimate of drug-likeness (QED) is 0.483. The Morgan fingerprint density at radius 1 is 1.06 bits per heavy atom. The average Bonchev–Trinajstić information content (AvgIpc) is 2.26. The molecule has 0 aromatic carbocycles. The van der Waals surface area contributed by atoms with Crippen molar-refractivity contribution in [2.45, 2.75) is 26.1 Å². The van der Waals surface area contributed by atoms with Crippen LogP contribution in [0.25, 0.3) is 0 Å². The van der Waals surface area contributed by atoms with E-state index < -0.39 is 32.0 Å². The van der Waals surface area contributed by atoms with Gasteiger partial charge in [0, 0.05) is 4.57 Å². The van der Waals surface area contributed by atoms with Crippen molar-refractivity contribution >= 4 is 19.8 Å². The van der Waals surface area contributed by atoms with E-state index in [1.165, 1.54) is 13.8 Å². The van der Waals surface area contributed by atoms with Crippen molar-refractivity contribution in [3.63, 3.8) is 0 Å². The van der Waals surface area contributed by atoms with Crippen LogP contribution < -0.4 is 0 Å². The maximum absolute atomic E-state index is 11.2. The van der Waals surface area contributed by atoms with E-state index in [2.05, 4.69) is 13.2 Å². The van der Waals surface area contributed by atoms with Crippen LogP contribution in [-0.4, -0.2) is 23.8 Å². The minimum atomic E-state index is -2.52. The molecule has 0 aliphatic carbocycles. The average molecular weight is 245 g/mol. The summed E-state index contributed by atoms with van der Waals surface area (Å²) in [5.41, 5.74) is 0. The van der Waals surface area contributed by atoms with Crippen molar-refractivity contribution in [3.05, 3.63) is 25.3 Å². The van der Waals surface area contributed by atoms with E-state index in [-0.39, 0.29) is 0 Å². The van der Waals surface area contributed by atoms with E-state index in [0.717, 1.165) is 12.2 Å². The molecule has 0 aliphatic rings. The fraction of sp³-hybridized carbons (Fsp3) is 0.400. The predicted octanol–water partition coefficient (Wildman–Crippen LogP) is 1.96. The zero-order valence-corrected chi connectivity index (χ0v) is 10.1. The zero-order valence-electron chi connectivity index (χ0n) is 9.21. The standard InChI is InChI=1S/C10H14O5P/c1-5-9(11)7(3)14-16(13)15-8(4)10(12)6-2/h5-8H,1-2H2,3-4H3/q+1. The minimum Gasteiger partial charge on any atom is -0.292 e. The van der Waals surface area contributed by atoms with Crippen LogP contribution in [0.2, 0.25) is 0 Å². The zero-order chi connectivity index (χ0) is 12.7. The van der Waals surface area contributed by atoms with Crippen molar-refractivity contribution in [1.29, 1.82) is 0 Å². The summed E-state index contributed by atoms with van der Waals surface area (Å²) in [4.78, 5) is 22.0. The lowest BCUT2D eigenvalue weighted by molar-refractivity contribution is -0.121. The van der Waals surface area contributed by atoms with E-state index >= 15 is 0 Å². The predicted molar refractivity (Wildman–Crippen MR) is 59.1 cm³/mol. The highest BCUT2D eigenvalue weighted by atomic mass is 31.1. The van der Waals surface area contributed by atoms with E-state index in [4.69, 9.17) is 9.05 Å². The Morgan fingerprint density at radius 3 is 1.62 bits per heavy atom. The van der Waals surface area contributed by atoms with Crippen molar-refractivity contribution in [3.8, 4) is 0 Å². The minimum absolute atomic E-state index is 0.408. The molecule has 0 fully saturated rings. The third kappa shape index (κ3) is 5.07. The molecule has 0 saturated carbocycles. The van der Waals surface area contributed by atoms with Crippen molar-refractivity contribution in [1.82, 2.24) is 0 Å². The molecule has 0 aromatic rings. The molecule has 2 atom stereocenters. The fourth-order valence-corrected chi connectivity index (χ4v) is 1.49. The lowest BCUT2D eigenvalue weighted by Crippen LogP contribution is -2.18. The summed E-state index contributed by atoms with van der Waals surface area (Å²) in [5.74, 6) is -0.815. The van der Waals surface area contributed by atoms with Crippen LogP contribution in [0.4, 0.5) is 0 Å². The number of hydrogen-bond acceptors (Lipinski definition) is 5. The van der Waals surface area contributed by atoms with Gasteiger partial charge in [-0.2, -0.15) is 0 Å². The highest BCUT2D eigenvalue weighted by Gasteiger charge is 2.32. The van der Waals surface area contributed by atoms with Crippen molar-refractivity contribution in [2.75, 3.05) is 0 Å². The molecule has 0 aromatic heterocycles. The molecular formula is C10H14O5P+. The molecule has 6 heteroatoms. The summed E-state index contributed by atoms with van der Waals surface area (Å²) in [5, 5.41) is 0. The number of ketones is 2. The molecule has 0 rings (SSSR count). The van der Waals surface area contributed by atoms with Crippen LogP contribution in [0.1, 0.15) is 13.8 Å². The molecule has 0 spiro atoms.